The zero-order valence-electron chi connectivity index (χ0n) is 15.6. The van der Waals surface area contributed by atoms with Gasteiger partial charge in [0.2, 0.25) is 0 Å². The number of hydrogen-bond donors (Lipinski definition) is 1. The number of hydrogen-bond acceptors (Lipinski definition) is 2. The first kappa shape index (κ1) is 19.0. The second kappa shape index (κ2) is 7.88. The number of carbonyl (C=O) groups excluding carboxylic acids is 1. The van der Waals surface area contributed by atoms with Crippen molar-refractivity contribution in [3.8, 4) is 0 Å². The Morgan fingerprint density at radius 1 is 1.15 bits per heavy atom. The van der Waals surface area contributed by atoms with Crippen molar-refractivity contribution in [3.63, 3.8) is 0 Å². The van der Waals surface area contributed by atoms with Crippen molar-refractivity contribution in [2.24, 2.45) is 0 Å². The fourth-order valence-corrected chi connectivity index (χ4v) is 3.52. The molecule has 6 heteroatoms. The largest absolute Gasteiger partial charge is 0.351 e. The monoisotopic (exact) mass is 383 g/mol. The zero-order chi connectivity index (χ0) is 19.6. The summed E-state index contributed by atoms with van der Waals surface area (Å²) in [5.74, 6) is -0.542. The molecule has 0 unspecified atom stereocenters. The van der Waals surface area contributed by atoms with E-state index < -0.39 is 6.04 Å². The summed E-state index contributed by atoms with van der Waals surface area (Å²) >= 11 is 5.56. The maximum atomic E-state index is 14.5. The molecule has 3 rings (SSSR count). The van der Waals surface area contributed by atoms with Crippen LogP contribution < -0.4 is 5.32 Å². The van der Waals surface area contributed by atoms with E-state index in [1.165, 1.54) is 11.0 Å². The molecule has 0 spiro atoms. The molecule has 0 radical (unpaired) electrons. The molecule has 27 heavy (non-hydrogen) atoms. The van der Waals surface area contributed by atoms with Crippen molar-refractivity contribution in [2.45, 2.75) is 19.5 Å². The van der Waals surface area contributed by atoms with E-state index in [9.17, 15) is 9.18 Å². The van der Waals surface area contributed by atoms with Crippen LogP contribution in [0, 0.1) is 5.82 Å². The Morgan fingerprint density at radius 2 is 1.78 bits per heavy atom. The third kappa shape index (κ3) is 3.85. The van der Waals surface area contributed by atoms with E-state index >= 15 is 0 Å². The lowest BCUT2D eigenvalue weighted by atomic mass is 9.93. The number of nitrogens with one attached hydrogen (secondary N) is 1. The topological polar surface area (TPSA) is 35.6 Å². The quantitative estimate of drug-likeness (QED) is 0.818. The minimum absolute atomic E-state index is 0.172. The van der Waals surface area contributed by atoms with Gasteiger partial charge in [-0.05, 0) is 30.8 Å². The van der Waals surface area contributed by atoms with E-state index in [-0.39, 0.29) is 11.7 Å². The molecule has 0 aromatic heterocycles. The summed E-state index contributed by atoms with van der Waals surface area (Å²) in [5.41, 5.74) is 2.70. The maximum absolute atomic E-state index is 14.5. The molecule has 0 saturated heterocycles. The molecule has 0 aliphatic carbocycles. The molecular weight excluding hydrogens is 361 g/mol. The Bertz CT molecular complexity index is 895. The standard InChI is InChI=1S/C21H22FN3OS/c1-14-18(20(26)24(2)3)19(16-11-7-8-12-17(16)22)23-21(27)25(14)13-15-9-5-4-6-10-15/h4-12,19H,13H2,1-3H3,(H,23,27)/t19-/m0/s1. The van der Waals surface area contributed by atoms with Crippen molar-refractivity contribution in [2.75, 3.05) is 14.1 Å². The highest BCUT2D eigenvalue weighted by molar-refractivity contribution is 7.80. The smallest absolute Gasteiger partial charge is 0.253 e. The van der Waals surface area contributed by atoms with E-state index in [4.69, 9.17) is 12.2 Å². The van der Waals surface area contributed by atoms with Crippen LogP contribution in [0.4, 0.5) is 4.39 Å². The van der Waals surface area contributed by atoms with E-state index in [0.717, 1.165) is 11.3 Å². The Labute approximate surface area is 164 Å². The zero-order valence-corrected chi connectivity index (χ0v) is 16.4. The molecule has 2 aromatic carbocycles. The van der Waals surface area contributed by atoms with Crippen LogP contribution in [0.3, 0.4) is 0 Å². The maximum Gasteiger partial charge on any atom is 0.253 e. The first-order valence-electron chi connectivity index (χ1n) is 8.69. The summed E-state index contributed by atoms with van der Waals surface area (Å²) in [7, 11) is 3.38. The number of halogens is 1. The summed E-state index contributed by atoms with van der Waals surface area (Å²) in [5, 5.41) is 3.64. The van der Waals surface area contributed by atoms with Crippen LogP contribution in [-0.4, -0.2) is 34.9 Å². The van der Waals surface area contributed by atoms with Crippen LogP contribution in [0.2, 0.25) is 0 Å². The third-order valence-corrected chi connectivity index (χ3v) is 4.97. The molecule has 1 amide bonds. The van der Waals surface area contributed by atoms with Gasteiger partial charge in [-0.15, -0.1) is 0 Å². The van der Waals surface area contributed by atoms with Crippen LogP contribution >= 0.6 is 12.2 Å². The van der Waals surface area contributed by atoms with Crippen LogP contribution in [0.1, 0.15) is 24.1 Å². The Kier molecular flexibility index (Phi) is 5.56. The van der Waals surface area contributed by atoms with E-state index in [0.29, 0.717) is 22.8 Å². The summed E-state index contributed by atoms with van der Waals surface area (Å²) < 4.78 is 14.5. The lowest BCUT2D eigenvalue weighted by Gasteiger charge is -2.38. The first-order valence-corrected chi connectivity index (χ1v) is 9.09. The van der Waals surface area contributed by atoms with Crippen LogP contribution in [0.5, 0.6) is 0 Å². The van der Waals surface area contributed by atoms with Gasteiger partial charge in [-0.2, -0.15) is 0 Å². The van der Waals surface area contributed by atoms with Gasteiger partial charge in [0.1, 0.15) is 5.82 Å². The lowest BCUT2D eigenvalue weighted by Crippen LogP contribution is -2.48. The average Bonchev–Trinajstić information content (AvgIpc) is 2.65. The molecule has 0 bridgehead atoms. The molecule has 1 heterocycles. The van der Waals surface area contributed by atoms with Gasteiger partial charge in [-0.1, -0.05) is 48.5 Å². The van der Waals surface area contributed by atoms with Crippen molar-refractivity contribution >= 4 is 23.2 Å². The fraction of sp³-hybridized carbons (Fsp3) is 0.238. The lowest BCUT2D eigenvalue weighted by molar-refractivity contribution is -0.125. The number of nitrogens with zero attached hydrogens (tertiary/aromatic N) is 2. The second-order valence-electron chi connectivity index (χ2n) is 6.67. The highest BCUT2D eigenvalue weighted by Crippen LogP contribution is 2.33. The molecule has 1 aliphatic heterocycles. The Morgan fingerprint density at radius 3 is 2.41 bits per heavy atom. The highest BCUT2D eigenvalue weighted by Gasteiger charge is 2.35. The van der Waals surface area contributed by atoms with Gasteiger partial charge in [-0.3, -0.25) is 4.79 Å². The fourth-order valence-electron chi connectivity index (χ4n) is 3.20. The molecule has 4 nitrogen and oxygen atoms in total. The Hall–Kier alpha value is -2.73. The number of amides is 1. The third-order valence-electron chi connectivity index (χ3n) is 4.63. The van der Waals surface area contributed by atoms with Gasteiger partial charge in [0.15, 0.2) is 5.11 Å². The number of rotatable bonds is 4. The average molecular weight is 383 g/mol. The molecule has 1 atom stereocenters. The van der Waals surface area contributed by atoms with E-state index in [1.807, 2.05) is 42.2 Å². The first-order chi connectivity index (χ1) is 12.9. The minimum Gasteiger partial charge on any atom is -0.351 e. The van der Waals surface area contributed by atoms with Crippen molar-refractivity contribution < 1.29 is 9.18 Å². The summed E-state index contributed by atoms with van der Waals surface area (Å²) in [4.78, 5) is 16.3. The van der Waals surface area contributed by atoms with Gasteiger partial charge in [0.05, 0.1) is 11.6 Å². The van der Waals surface area contributed by atoms with Crippen LogP contribution in [0.15, 0.2) is 65.9 Å². The molecule has 140 valence electrons. The van der Waals surface area contributed by atoms with Gasteiger partial charge in [0.25, 0.3) is 5.91 Å². The van der Waals surface area contributed by atoms with Crippen molar-refractivity contribution in [1.29, 1.82) is 0 Å². The summed E-state index contributed by atoms with van der Waals surface area (Å²) in [6.45, 7) is 2.40. The van der Waals surface area contributed by atoms with Crippen LogP contribution in [-0.2, 0) is 11.3 Å². The summed E-state index contributed by atoms with van der Waals surface area (Å²) in [6.07, 6.45) is 0. The molecule has 0 fully saturated rings. The predicted octanol–water partition coefficient (Wildman–Crippen LogP) is 3.62. The molecule has 1 aliphatic rings. The van der Waals surface area contributed by atoms with Gasteiger partial charge in [-0.25, -0.2) is 4.39 Å². The van der Waals surface area contributed by atoms with E-state index in [1.54, 1.807) is 32.3 Å². The normalized spacial score (nSPS) is 17.0. The highest BCUT2D eigenvalue weighted by atomic mass is 32.1. The molecule has 0 saturated carbocycles. The number of thiocarbonyl (C=S) groups is 1. The number of benzene rings is 2. The summed E-state index contributed by atoms with van der Waals surface area (Å²) in [6, 6.07) is 15.7. The minimum atomic E-state index is -0.624. The van der Waals surface area contributed by atoms with Gasteiger partial charge >= 0.3 is 0 Å². The molecule has 1 N–H and O–H groups in total. The SMILES string of the molecule is CC1=C(C(=O)N(C)C)[C@H](c2ccccc2F)NC(=S)N1Cc1ccccc1. The van der Waals surface area contributed by atoms with Crippen molar-refractivity contribution in [1.82, 2.24) is 15.1 Å². The van der Waals surface area contributed by atoms with Crippen LogP contribution in [0.25, 0.3) is 0 Å². The van der Waals surface area contributed by atoms with Gasteiger partial charge < -0.3 is 15.1 Å². The number of allylic oxidation sites excluding steroid dienone is 1. The van der Waals surface area contributed by atoms with E-state index in [2.05, 4.69) is 5.32 Å². The predicted molar refractivity (Wildman–Crippen MR) is 108 cm³/mol. The second-order valence-corrected chi connectivity index (χ2v) is 7.06. The Balaban J connectivity index is 2.08. The van der Waals surface area contributed by atoms with Gasteiger partial charge in [0, 0.05) is 31.9 Å². The molecular formula is C21H22FN3OS. The number of carbonyl (C=O) groups is 1. The molecule has 2 aromatic rings. The number of likely N-dealkylation sites (N-methyl/N-ethyl adjacent to an activating group) is 1. The van der Waals surface area contributed by atoms with Crippen molar-refractivity contribution in [3.05, 3.63) is 82.8 Å².